The van der Waals surface area contributed by atoms with Gasteiger partial charge in [0.2, 0.25) is 0 Å². The van der Waals surface area contributed by atoms with Crippen molar-refractivity contribution in [2.24, 2.45) is 5.73 Å². The predicted molar refractivity (Wildman–Crippen MR) is 86.7 cm³/mol. The van der Waals surface area contributed by atoms with Gasteiger partial charge in [-0.15, -0.1) is 12.4 Å². The Bertz CT molecular complexity index is 525. The summed E-state index contributed by atoms with van der Waals surface area (Å²) in [6.07, 6.45) is 1.41. The van der Waals surface area contributed by atoms with Gasteiger partial charge in [0, 0.05) is 24.2 Å². The Morgan fingerprint density at radius 3 is 2.41 bits per heavy atom. The molecule has 0 aliphatic rings. The van der Waals surface area contributed by atoms with Gasteiger partial charge in [0.25, 0.3) is 5.91 Å². The van der Waals surface area contributed by atoms with Crippen LogP contribution < -0.4 is 15.8 Å². The Morgan fingerprint density at radius 2 is 2.00 bits per heavy atom. The zero-order valence-electron chi connectivity index (χ0n) is 12.9. The van der Waals surface area contributed by atoms with E-state index in [0.29, 0.717) is 24.9 Å². The molecular formula is C14H22ClN3O4. The van der Waals surface area contributed by atoms with E-state index in [1.54, 1.807) is 0 Å². The maximum atomic E-state index is 12.3. The first kappa shape index (κ1) is 20.1. The average molecular weight is 332 g/mol. The van der Waals surface area contributed by atoms with Crippen LogP contribution in [0.3, 0.4) is 0 Å². The fourth-order valence-corrected chi connectivity index (χ4v) is 2.05. The normalized spacial score (nSPS) is 10.5. The number of carbonyl (C=O) groups excluding carboxylic acids is 1. The van der Waals surface area contributed by atoms with Gasteiger partial charge in [-0.2, -0.15) is 0 Å². The summed E-state index contributed by atoms with van der Waals surface area (Å²) in [6.45, 7) is 4.23. The standard InChI is InChI=1S/C14H21N3O4.ClH/c1-4-14(5-2,9-15)16-13(18)10-6-7-11(17(19)20)12(8-10)21-3;/h6-8H,4-5,9,15H2,1-3H3,(H,16,18);1H. The van der Waals surface area contributed by atoms with Crippen LogP contribution in [0.2, 0.25) is 0 Å². The second-order valence-corrected chi connectivity index (χ2v) is 4.79. The molecule has 0 aliphatic heterocycles. The number of nitro benzene ring substituents is 1. The minimum atomic E-state index is -0.553. The summed E-state index contributed by atoms with van der Waals surface area (Å²) in [7, 11) is 1.33. The number of nitro groups is 1. The van der Waals surface area contributed by atoms with E-state index in [0.717, 1.165) is 0 Å². The van der Waals surface area contributed by atoms with Gasteiger partial charge >= 0.3 is 5.69 Å². The fourth-order valence-electron chi connectivity index (χ4n) is 2.05. The highest BCUT2D eigenvalue weighted by Gasteiger charge is 2.27. The largest absolute Gasteiger partial charge is 0.490 e. The number of nitrogens with two attached hydrogens (primary N) is 1. The molecule has 0 saturated heterocycles. The van der Waals surface area contributed by atoms with Crippen LogP contribution in [0.15, 0.2) is 18.2 Å². The highest BCUT2D eigenvalue weighted by molar-refractivity contribution is 5.95. The summed E-state index contributed by atoms with van der Waals surface area (Å²) in [5, 5.41) is 13.7. The van der Waals surface area contributed by atoms with Gasteiger partial charge in [0.15, 0.2) is 5.75 Å². The number of amides is 1. The lowest BCUT2D eigenvalue weighted by Crippen LogP contribution is -2.52. The monoisotopic (exact) mass is 331 g/mol. The molecular weight excluding hydrogens is 310 g/mol. The van der Waals surface area contributed by atoms with Gasteiger partial charge in [-0.05, 0) is 18.9 Å². The molecule has 22 heavy (non-hydrogen) atoms. The molecule has 8 heteroatoms. The second kappa shape index (κ2) is 8.55. The van der Waals surface area contributed by atoms with Crippen LogP contribution in [0.4, 0.5) is 5.69 Å². The molecule has 0 fully saturated rings. The number of rotatable bonds is 7. The molecule has 0 spiro atoms. The molecule has 7 nitrogen and oxygen atoms in total. The Hall–Kier alpha value is -1.86. The quantitative estimate of drug-likeness (QED) is 0.588. The molecule has 0 bridgehead atoms. The van der Waals surface area contributed by atoms with E-state index in [1.165, 1.54) is 25.3 Å². The van der Waals surface area contributed by atoms with E-state index in [-0.39, 0.29) is 29.8 Å². The molecule has 124 valence electrons. The number of benzene rings is 1. The van der Waals surface area contributed by atoms with Crippen molar-refractivity contribution in [3.63, 3.8) is 0 Å². The maximum absolute atomic E-state index is 12.3. The molecule has 1 rings (SSSR count). The lowest BCUT2D eigenvalue weighted by Gasteiger charge is -2.31. The predicted octanol–water partition coefficient (Wildman–Crippen LogP) is 2.27. The van der Waals surface area contributed by atoms with E-state index >= 15 is 0 Å². The Morgan fingerprint density at radius 1 is 1.41 bits per heavy atom. The van der Waals surface area contributed by atoms with Crippen molar-refractivity contribution in [1.29, 1.82) is 0 Å². The lowest BCUT2D eigenvalue weighted by atomic mass is 9.92. The van der Waals surface area contributed by atoms with Crippen molar-refractivity contribution < 1.29 is 14.5 Å². The molecule has 1 aromatic carbocycles. The molecule has 0 atom stereocenters. The Kier molecular flexibility index (Phi) is 7.83. The van der Waals surface area contributed by atoms with E-state index in [1.807, 2.05) is 13.8 Å². The summed E-state index contributed by atoms with van der Waals surface area (Å²) in [5.74, 6) is -0.267. The van der Waals surface area contributed by atoms with Crippen molar-refractivity contribution in [3.05, 3.63) is 33.9 Å². The van der Waals surface area contributed by atoms with E-state index in [2.05, 4.69) is 5.32 Å². The lowest BCUT2D eigenvalue weighted by molar-refractivity contribution is -0.385. The number of halogens is 1. The van der Waals surface area contributed by atoms with Gasteiger partial charge in [-0.1, -0.05) is 13.8 Å². The van der Waals surface area contributed by atoms with Gasteiger partial charge in [0.05, 0.1) is 17.6 Å². The molecule has 0 heterocycles. The van der Waals surface area contributed by atoms with Crippen LogP contribution >= 0.6 is 12.4 Å². The minimum Gasteiger partial charge on any atom is -0.490 e. The maximum Gasteiger partial charge on any atom is 0.310 e. The molecule has 0 aromatic heterocycles. The van der Waals surface area contributed by atoms with Crippen LogP contribution in [0.1, 0.15) is 37.0 Å². The number of carbonyl (C=O) groups is 1. The van der Waals surface area contributed by atoms with Crippen molar-refractivity contribution in [2.45, 2.75) is 32.2 Å². The molecule has 0 radical (unpaired) electrons. The van der Waals surface area contributed by atoms with Gasteiger partial charge in [-0.3, -0.25) is 14.9 Å². The smallest absolute Gasteiger partial charge is 0.310 e. The summed E-state index contributed by atoms with van der Waals surface area (Å²) >= 11 is 0. The third kappa shape index (κ3) is 4.32. The SMILES string of the molecule is CCC(CC)(CN)NC(=O)c1ccc([N+](=O)[O-])c(OC)c1.Cl. The molecule has 0 saturated carbocycles. The van der Waals surface area contributed by atoms with Crippen molar-refractivity contribution >= 4 is 24.0 Å². The van der Waals surface area contributed by atoms with Crippen LogP contribution in [-0.4, -0.2) is 30.0 Å². The Balaban J connectivity index is 0.00000441. The number of hydrogen-bond acceptors (Lipinski definition) is 5. The zero-order valence-corrected chi connectivity index (χ0v) is 13.7. The molecule has 1 aromatic rings. The number of ether oxygens (including phenoxy) is 1. The van der Waals surface area contributed by atoms with Gasteiger partial charge < -0.3 is 15.8 Å². The topological polar surface area (TPSA) is 107 Å². The van der Waals surface area contributed by atoms with Crippen molar-refractivity contribution in [3.8, 4) is 5.75 Å². The Labute approximate surface area is 135 Å². The van der Waals surface area contributed by atoms with E-state index in [9.17, 15) is 14.9 Å². The number of hydrogen-bond donors (Lipinski definition) is 2. The average Bonchev–Trinajstić information content (AvgIpc) is 2.51. The first-order chi connectivity index (χ1) is 9.92. The highest BCUT2D eigenvalue weighted by atomic mass is 35.5. The minimum absolute atomic E-state index is 0. The van der Waals surface area contributed by atoms with E-state index < -0.39 is 10.5 Å². The number of methoxy groups -OCH3 is 1. The van der Waals surface area contributed by atoms with Crippen LogP contribution in [0.5, 0.6) is 5.75 Å². The first-order valence-corrected chi connectivity index (χ1v) is 6.78. The van der Waals surface area contributed by atoms with Gasteiger partial charge in [-0.25, -0.2) is 0 Å². The van der Waals surface area contributed by atoms with Crippen LogP contribution in [0.25, 0.3) is 0 Å². The van der Waals surface area contributed by atoms with Crippen LogP contribution in [0, 0.1) is 10.1 Å². The second-order valence-electron chi connectivity index (χ2n) is 4.79. The van der Waals surface area contributed by atoms with Gasteiger partial charge in [0.1, 0.15) is 0 Å². The third-order valence-corrected chi connectivity index (χ3v) is 3.76. The number of nitrogens with zero attached hydrogens (tertiary/aromatic N) is 1. The zero-order chi connectivity index (χ0) is 16.0. The summed E-state index contributed by atoms with van der Waals surface area (Å²) in [5.41, 5.74) is 5.41. The van der Waals surface area contributed by atoms with Crippen LogP contribution in [-0.2, 0) is 0 Å². The highest BCUT2D eigenvalue weighted by Crippen LogP contribution is 2.27. The fraction of sp³-hybridized carbons (Fsp3) is 0.500. The number of nitrogens with one attached hydrogen (secondary N) is 1. The van der Waals surface area contributed by atoms with E-state index in [4.69, 9.17) is 10.5 Å². The molecule has 3 N–H and O–H groups in total. The van der Waals surface area contributed by atoms with Crippen molar-refractivity contribution in [2.75, 3.05) is 13.7 Å². The first-order valence-electron chi connectivity index (χ1n) is 6.78. The molecule has 1 amide bonds. The summed E-state index contributed by atoms with van der Waals surface area (Å²) < 4.78 is 4.96. The molecule has 0 aliphatic carbocycles. The van der Waals surface area contributed by atoms with Crippen molar-refractivity contribution in [1.82, 2.24) is 5.32 Å². The molecule has 0 unspecified atom stereocenters. The third-order valence-electron chi connectivity index (χ3n) is 3.76. The summed E-state index contributed by atoms with van der Waals surface area (Å²) in [4.78, 5) is 22.6. The summed E-state index contributed by atoms with van der Waals surface area (Å²) in [6, 6.07) is 4.03.